The van der Waals surface area contributed by atoms with Gasteiger partial charge in [-0.15, -0.1) is 0 Å². The highest BCUT2D eigenvalue weighted by Crippen LogP contribution is 2.21. The van der Waals surface area contributed by atoms with Gasteiger partial charge in [-0.05, 0) is 69.2 Å². The Bertz CT molecular complexity index is 399. The zero-order valence-electron chi connectivity index (χ0n) is 13.6. The lowest BCUT2D eigenvalue weighted by atomic mass is 9.95. The van der Waals surface area contributed by atoms with Crippen LogP contribution in [0.4, 0.5) is 4.39 Å². The highest BCUT2D eigenvalue weighted by atomic mass is 19.1. The van der Waals surface area contributed by atoms with Crippen LogP contribution in [0.25, 0.3) is 0 Å². The van der Waals surface area contributed by atoms with Gasteiger partial charge >= 0.3 is 0 Å². The molecule has 0 aromatic heterocycles. The van der Waals surface area contributed by atoms with Crippen molar-refractivity contribution < 1.29 is 4.39 Å². The van der Waals surface area contributed by atoms with Crippen LogP contribution in [0.3, 0.4) is 0 Å². The van der Waals surface area contributed by atoms with Crippen LogP contribution < -0.4 is 0 Å². The average molecular weight is 264 g/mol. The second kappa shape index (κ2) is 8.90. The maximum absolute atomic E-state index is 12.7. The first-order chi connectivity index (χ1) is 8.77. The predicted molar refractivity (Wildman–Crippen MR) is 84.8 cm³/mol. The Hall–Kier alpha value is -1.11. The van der Waals surface area contributed by atoms with Crippen molar-refractivity contribution in [2.45, 2.75) is 61.3 Å². The molecule has 0 aromatic carbocycles. The first-order valence-electron chi connectivity index (χ1n) is 7.15. The third-order valence-electron chi connectivity index (χ3n) is 3.22. The van der Waals surface area contributed by atoms with Crippen molar-refractivity contribution in [3.05, 3.63) is 46.3 Å². The van der Waals surface area contributed by atoms with Gasteiger partial charge in [-0.3, -0.25) is 0 Å². The van der Waals surface area contributed by atoms with Gasteiger partial charge in [0.05, 0.1) is 5.83 Å². The summed E-state index contributed by atoms with van der Waals surface area (Å²) in [6, 6.07) is 0. The fraction of sp³-hybridized carbons (Fsp3) is 0.556. The van der Waals surface area contributed by atoms with E-state index in [0.717, 1.165) is 18.4 Å². The Morgan fingerprint density at radius 2 is 1.58 bits per heavy atom. The third kappa shape index (κ3) is 7.81. The zero-order valence-corrected chi connectivity index (χ0v) is 13.6. The maximum Gasteiger partial charge on any atom is 0.0968 e. The summed E-state index contributed by atoms with van der Waals surface area (Å²) in [7, 11) is 0. The summed E-state index contributed by atoms with van der Waals surface area (Å²) in [4.78, 5) is 0. The van der Waals surface area contributed by atoms with Crippen molar-refractivity contribution in [2.75, 3.05) is 0 Å². The number of hydrogen-bond acceptors (Lipinski definition) is 0. The monoisotopic (exact) mass is 264 g/mol. The topological polar surface area (TPSA) is 0 Å². The summed E-state index contributed by atoms with van der Waals surface area (Å²) in [6.07, 6.45) is 7.78. The van der Waals surface area contributed by atoms with E-state index < -0.39 is 0 Å². The van der Waals surface area contributed by atoms with Crippen molar-refractivity contribution in [3.8, 4) is 0 Å². The molecule has 1 heteroatoms. The molecule has 0 amide bonds. The molecule has 0 aliphatic rings. The van der Waals surface area contributed by atoms with E-state index in [1.807, 2.05) is 13.0 Å². The lowest BCUT2D eigenvalue weighted by Crippen LogP contribution is -1.93. The van der Waals surface area contributed by atoms with Gasteiger partial charge in [-0.25, -0.2) is 4.39 Å². The second-order valence-electron chi connectivity index (χ2n) is 5.69. The molecule has 0 saturated heterocycles. The molecule has 0 radical (unpaired) electrons. The van der Waals surface area contributed by atoms with Crippen molar-refractivity contribution >= 4 is 0 Å². The van der Waals surface area contributed by atoms with Gasteiger partial charge < -0.3 is 0 Å². The molecule has 19 heavy (non-hydrogen) atoms. The normalized spacial score (nSPS) is 15.9. The molecule has 0 nitrogen and oxygen atoms in total. The molecule has 0 unspecified atom stereocenters. The van der Waals surface area contributed by atoms with Crippen LogP contribution >= 0.6 is 0 Å². The third-order valence-corrected chi connectivity index (χ3v) is 3.22. The molecule has 0 heterocycles. The summed E-state index contributed by atoms with van der Waals surface area (Å²) >= 11 is 0. The Kier molecular flexibility index (Phi) is 8.38. The molecule has 108 valence electrons. The maximum atomic E-state index is 12.7. The minimum absolute atomic E-state index is 0.158. The molecule has 0 aliphatic carbocycles. The highest BCUT2D eigenvalue weighted by Gasteiger charge is 2.02. The molecule has 0 saturated carbocycles. The Balaban J connectivity index is 5.17. The lowest BCUT2D eigenvalue weighted by molar-refractivity contribution is 0.638. The van der Waals surface area contributed by atoms with Gasteiger partial charge in [-0.1, -0.05) is 38.5 Å². The zero-order chi connectivity index (χ0) is 15.0. The second-order valence-corrected chi connectivity index (χ2v) is 5.69. The van der Waals surface area contributed by atoms with Crippen LogP contribution in [-0.2, 0) is 0 Å². The first-order valence-corrected chi connectivity index (χ1v) is 7.15. The lowest BCUT2D eigenvalue weighted by Gasteiger charge is -2.11. The van der Waals surface area contributed by atoms with E-state index in [2.05, 4.69) is 40.7 Å². The SMILES string of the molecule is CCC(/C=C(C)/C(C)=C\C=C(/C)F)=C(/C)CC(C)C. The molecular formula is C18H29F. The van der Waals surface area contributed by atoms with Crippen molar-refractivity contribution in [3.63, 3.8) is 0 Å². The molecule has 0 aromatic rings. The van der Waals surface area contributed by atoms with E-state index in [9.17, 15) is 4.39 Å². The molecule has 0 atom stereocenters. The van der Waals surface area contributed by atoms with E-state index in [1.54, 1.807) is 0 Å². The van der Waals surface area contributed by atoms with Crippen LogP contribution in [0.1, 0.15) is 61.3 Å². The van der Waals surface area contributed by atoms with E-state index in [-0.39, 0.29) is 5.83 Å². The number of hydrogen-bond donors (Lipinski definition) is 0. The largest absolute Gasteiger partial charge is 0.212 e. The minimum atomic E-state index is -0.158. The summed E-state index contributed by atoms with van der Waals surface area (Å²) in [5, 5.41) is 0. The van der Waals surface area contributed by atoms with E-state index in [4.69, 9.17) is 0 Å². The number of rotatable bonds is 6. The molecular weight excluding hydrogens is 235 g/mol. The fourth-order valence-corrected chi connectivity index (χ4v) is 2.02. The molecule has 0 aliphatic heterocycles. The summed E-state index contributed by atoms with van der Waals surface area (Å²) in [5.41, 5.74) is 5.18. The van der Waals surface area contributed by atoms with Gasteiger partial charge in [0.15, 0.2) is 0 Å². The van der Waals surface area contributed by atoms with E-state index >= 15 is 0 Å². The smallest absolute Gasteiger partial charge is 0.0968 e. The van der Waals surface area contributed by atoms with Crippen LogP contribution in [-0.4, -0.2) is 0 Å². The molecule has 0 fully saturated rings. The summed E-state index contributed by atoms with van der Waals surface area (Å²) in [5.74, 6) is 0.526. The molecule has 0 N–H and O–H groups in total. The van der Waals surface area contributed by atoms with Gasteiger partial charge in [0.2, 0.25) is 0 Å². The van der Waals surface area contributed by atoms with Gasteiger partial charge in [0.25, 0.3) is 0 Å². The standard InChI is InChI=1S/C18H29F/c1-8-18(16(6)11-13(2)3)12-15(5)14(4)9-10-17(7)19/h9-10,12-13H,8,11H2,1-7H3/b14-9-,15-12+,17-10+,18-16+. The van der Waals surface area contributed by atoms with Gasteiger partial charge in [-0.2, -0.15) is 0 Å². The first kappa shape index (κ1) is 17.9. The number of halogens is 1. The Labute approximate surface area is 118 Å². The van der Waals surface area contributed by atoms with Crippen LogP contribution in [0.15, 0.2) is 46.3 Å². The fourth-order valence-electron chi connectivity index (χ4n) is 2.02. The quantitative estimate of drug-likeness (QED) is 0.479. The molecule has 0 spiro atoms. The van der Waals surface area contributed by atoms with Crippen molar-refractivity contribution in [1.29, 1.82) is 0 Å². The van der Waals surface area contributed by atoms with E-state index in [1.165, 1.54) is 29.7 Å². The van der Waals surface area contributed by atoms with Crippen LogP contribution in [0.2, 0.25) is 0 Å². The predicted octanol–water partition coefficient (Wildman–Crippen LogP) is 6.52. The Morgan fingerprint density at radius 3 is 2.00 bits per heavy atom. The van der Waals surface area contributed by atoms with Crippen LogP contribution in [0.5, 0.6) is 0 Å². The van der Waals surface area contributed by atoms with Gasteiger partial charge in [0, 0.05) is 0 Å². The van der Waals surface area contributed by atoms with Crippen molar-refractivity contribution in [2.24, 2.45) is 5.92 Å². The summed E-state index contributed by atoms with van der Waals surface area (Å²) in [6.45, 7) is 14.5. The highest BCUT2D eigenvalue weighted by molar-refractivity contribution is 5.38. The summed E-state index contributed by atoms with van der Waals surface area (Å²) < 4.78 is 12.7. The van der Waals surface area contributed by atoms with E-state index in [0.29, 0.717) is 5.92 Å². The van der Waals surface area contributed by atoms with Crippen molar-refractivity contribution in [1.82, 2.24) is 0 Å². The molecule has 0 rings (SSSR count). The minimum Gasteiger partial charge on any atom is -0.212 e. The average Bonchev–Trinajstić information content (AvgIpc) is 2.31. The van der Waals surface area contributed by atoms with Gasteiger partial charge in [0.1, 0.15) is 0 Å². The molecule has 0 bridgehead atoms. The van der Waals surface area contributed by atoms with Crippen LogP contribution in [0, 0.1) is 5.92 Å². The number of allylic oxidation sites excluding steroid dienone is 8. The Morgan fingerprint density at radius 1 is 1.00 bits per heavy atom.